The van der Waals surface area contributed by atoms with E-state index in [4.69, 9.17) is 14.2 Å². The number of fused-ring (bicyclic) bond motifs is 1. The van der Waals surface area contributed by atoms with E-state index in [-0.39, 0.29) is 18.2 Å². The summed E-state index contributed by atoms with van der Waals surface area (Å²) >= 11 is 0. The van der Waals surface area contributed by atoms with E-state index in [1.165, 1.54) is 0 Å². The third-order valence-electron chi connectivity index (χ3n) is 4.83. The second-order valence-electron chi connectivity index (χ2n) is 6.70. The molecule has 0 aromatic heterocycles. The minimum absolute atomic E-state index is 0.340. The van der Waals surface area contributed by atoms with E-state index < -0.39 is 37.3 Å². The monoisotopic (exact) mass is 368 g/mol. The summed E-state index contributed by atoms with van der Waals surface area (Å²) in [6, 6.07) is 7.22. The summed E-state index contributed by atoms with van der Waals surface area (Å²) in [5.74, 6) is -0.340. The minimum atomic E-state index is -1.47. The molecule has 0 saturated carbocycles. The van der Waals surface area contributed by atoms with Crippen LogP contribution < -0.4 is 0 Å². The molecule has 1 aromatic carbocycles. The Morgan fingerprint density at radius 1 is 1.15 bits per heavy atom. The van der Waals surface area contributed by atoms with Crippen molar-refractivity contribution in [3.05, 3.63) is 35.4 Å². The summed E-state index contributed by atoms with van der Waals surface area (Å²) in [5, 5.41) is 38.8. The normalized spacial score (nSPS) is 35.0. The lowest BCUT2D eigenvalue weighted by atomic mass is 9.99. The zero-order chi connectivity index (χ0) is 18.8. The van der Waals surface area contributed by atoms with Gasteiger partial charge >= 0.3 is 5.97 Å². The van der Waals surface area contributed by atoms with E-state index in [2.05, 4.69) is 0 Å². The van der Waals surface area contributed by atoms with E-state index in [0.29, 0.717) is 18.4 Å². The highest BCUT2D eigenvalue weighted by Crippen LogP contribution is 2.34. The molecule has 1 aromatic rings. The van der Waals surface area contributed by atoms with Gasteiger partial charge in [0.1, 0.15) is 30.5 Å². The van der Waals surface area contributed by atoms with Crippen molar-refractivity contribution < 1.29 is 39.4 Å². The Labute approximate surface area is 150 Å². The van der Waals surface area contributed by atoms with Crippen LogP contribution in [-0.4, -0.2) is 69.8 Å². The quantitative estimate of drug-likeness (QED) is 0.512. The lowest BCUT2D eigenvalue weighted by Crippen LogP contribution is -2.59. The van der Waals surface area contributed by atoms with Crippen LogP contribution >= 0.6 is 0 Å². The first-order chi connectivity index (χ1) is 12.4. The molecule has 3 rings (SSSR count). The minimum Gasteiger partial charge on any atom is -0.454 e. The van der Waals surface area contributed by atoms with Crippen LogP contribution in [0.3, 0.4) is 0 Å². The van der Waals surface area contributed by atoms with Crippen LogP contribution in [0.1, 0.15) is 41.8 Å². The number of hydrogen-bond acceptors (Lipinski definition) is 8. The fourth-order valence-electron chi connectivity index (χ4n) is 3.30. The number of aliphatic hydroxyl groups is 4. The number of carbonyl (C=O) groups is 1. The zero-order valence-electron chi connectivity index (χ0n) is 14.4. The standard InChI is InChI=1S/C18H24O8/c1-9(24-18-16(22)15(21)14(20)13(8-19)26-18)6-7-12-10-4-2-3-5-11(10)17(23)25-12/h2-5,9,12-16,18-22H,6-8H2,1H3. The third kappa shape index (κ3) is 3.75. The molecule has 1 fully saturated rings. The van der Waals surface area contributed by atoms with Crippen LogP contribution in [-0.2, 0) is 14.2 Å². The number of rotatable bonds is 6. The number of carbonyl (C=O) groups excluding carboxylic acids is 1. The molecule has 0 spiro atoms. The van der Waals surface area contributed by atoms with Crippen LogP contribution in [0.2, 0.25) is 0 Å². The molecule has 26 heavy (non-hydrogen) atoms. The predicted octanol–water partition coefficient (Wildman–Crippen LogP) is -0.117. The maximum absolute atomic E-state index is 11.8. The molecule has 8 nitrogen and oxygen atoms in total. The number of cyclic esters (lactones) is 1. The van der Waals surface area contributed by atoms with Gasteiger partial charge in [0.25, 0.3) is 0 Å². The van der Waals surface area contributed by atoms with Gasteiger partial charge < -0.3 is 34.6 Å². The Balaban J connectivity index is 1.55. The van der Waals surface area contributed by atoms with E-state index in [1.807, 2.05) is 12.1 Å². The van der Waals surface area contributed by atoms with Gasteiger partial charge in [-0.2, -0.15) is 0 Å². The second kappa shape index (κ2) is 7.99. The average molecular weight is 368 g/mol. The van der Waals surface area contributed by atoms with Crippen molar-refractivity contribution in [1.29, 1.82) is 0 Å². The van der Waals surface area contributed by atoms with Gasteiger partial charge in [-0.1, -0.05) is 18.2 Å². The Morgan fingerprint density at radius 3 is 2.62 bits per heavy atom. The van der Waals surface area contributed by atoms with Gasteiger partial charge in [-0.25, -0.2) is 4.79 Å². The molecule has 4 N–H and O–H groups in total. The number of esters is 1. The molecular weight excluding hydrogens is 344 g/mol. The molecule has 0 bridgehead atoms. The van der Waals surface area contributed by atoms with Crippen molar-refractivity contribution in [1.82, 2.24) is 0 Å². The molecule has 144 valence electrons. The molecule has 7 unspecified atom stereocenters. The topological polar surface area (TPSA) is 126 Å². The summed E-state index contributed by atoms with van der Waals surface area (Å²) in [7, 11) is 0. The first kappa shape index (κ1) is 19.2. The fourth-order valence-corrected chi connectivity index (χ4v) is 3.30. The van der Waals surface area contributed by atoms with Crippen molar-refractivity contribution >= 4 is 5.97 Å². The second-order valence-corrected chi connectivity index (χ2v) is 6.70. The summed E-state index contributed by atoms with van der Waals surface area (Å²) < 4.78 is 16.3. The Bertz CT molecular complexity index is 633. The van der Waals surface area contributed by atoms with Gasteiger partial charge in [-0.15, -0.1) is 0 Å². The molecule has 2 heterocycles. The molecule has 7 atom stereocenters. The van der Waals surface area contributed by atoms with Crippen LogP contribution in [0, 0.1) is 0 Å². The lowest BCUT2D eigenvalue weighted by molar-refractivity contribution is -0.310. The smallest absolute Gasteiger partial charge is 0.339 e. The summed E-state index contributed by atoms with van der Waals surface area (Å²) in [4.78, 5) is 11.8. The molecular formula is C18H24O8. The van der Waals surface area contributed by atoms with Gasteiger partial charge in [0.15, 0.2) is 6.29 Å². The molecule has 0 amide bonds. The van der Waals surface area contributed by atoms with Gasteiger partial charge in [0.05, 0.1) is 18.3 Å². The van der Waals surface area contributed by atoms with E-state index >= 15 is 0 Å². The Hall–Kier alpha value is -1.55. The van der Waals surface area contributed by atoms with E-state index in [0.717, 1.165) is 5.56 Å². The predicted molar refractivity (Wildman–Crippen MR) is 88.1 cm³/mol. The maximum Gasteiger partial charge on any atom is 0.339 e. The molecule has 1 saturated heterocycles. The maximum atomic E-state index is 11.8. The highest BCUT2D eigenvalue weighted by Gasteiger charge is 2.44. The molecule has 0 radical (unpaired) electrons. The van der Waals surface area contributed by atoms with Gasteiger partial charge in [0, 0.05) is 5.56 Å². The van der Waals surface area contributed by atoms with Gasteiger partial charge in [0.2, 0.25) is 0 Å². The fraction of sp³-hybridized carbons (Fsp3) is 0.611. The first-order valence-corrected chi connectivity index (χ1v) is 8.68. The molecule has 2 aliphatic heterocycles. The highest BCUT2D eigenvalue weighted by molar-refractivity contribution is 5.93. The van der Waals surface area contributed by atoms with E-state index in [1.54, 1.807) is 19.1 Å². The summed E-state index contributed by atoms with van der Waals surface area (Å²) in [6.07, 6.45) is -6.17. The van der Waals surface area contributed by atoms with Crippen LogP contribution in [0.5, 0.6) is 0 Å². The van der Waals surface area contributed by atoms with Gasteiger partial charge in [-0.3, -0.25) is 0 Å². The zero-order valence-corrected chi connectivity index (χ0v) is 14.4. The van der Waals surface area contributed by atoms with Crippen LogP contribution in [0.25, 0.3) is 0 Å². The van der Waals surface area contributed by atoms with Gasteiger partial charge in [-0.05, 0) is 25.8 Å². The number of ether oxygens (including phenoxy) is 3. The molecule has 0 aliphatic carbocycles. The number of aliphatic hydroxyl groups excluding tert-OH is 4. The first-order valence-electron chi connectivity index (χ1n) is 8.68. The van der Waals surface area contributed by atoms with Crippen LogP contribution in [0.4, 0.5) is 0 Å². The Kier molecular flexibility index (Phi) is 5.91. The number of benzene rings is 1. The Morgan fingerprint density at radius 2 is 1.88 bits per heavy atom. The average Bonchev–Trinajstić information content (AvgIpc) is 2.97. The highest BCUT2D eigenvalue weighted by atomic mass is 16.7. The third-order valence-corrected chi connectivity index (χ3v) is 4.83. The molecule has 2 aliphatic rings. The lowest BCUT2D eigenvalue weighted by Gasteiger charge is -2.40. The summed E-state index contributed by atoms with van der Waals surface area (Å²) in [5.41, 5.74) is 1.41. The van der Waals surface area contributed by atoms with Crippen molar-refractivity contribution in [3.8, 4) is 0 Å². The number of hydrogen-bond donors (Lipinski definition) is 4. The van der Waals surface area contributed by atoms with Crippen molar-refractivity contribution in [3.63, 3.8) is 0 Å². The van der Waals surface area contributed by atoms with Crippen molar-refractivity contribution in [2.24, 2.45) is 0 Å². The molecule has 8 heteroatoms. The largest absolute Gasteiger partial charge is 0.454 e. The van der Waals surface area contributed by atoms with Crippen molar-refractivity contribution in [2.45, 2.75) is 62.7 Å². The van der Waals surface area contributed by atoms with Crippen LogP contribution in [0.15, 0.2) is 24.3 Å². The SMILES string of the molecule is CC(CCC1OC(=O)c2ccccc21)OC1OC(CO)C(O)C(O)C1O. The van der Waals surface area contributed by atoms with Crippen molar-refractivity contribution in [2.75, 3.05) is 6.61 Å². The van der Waals surface area contributed by atoms with E-state index in [9.17, 15) is 25.2 Å². The summed E-state index contributed by atoms with van der Waals surface area (Å²) in [6.45, 7) is 1.26.